The molecule has 0 saturated heterocycles. The molecule has 22 heavy (non-hydrogen) atoms. The second kappa shape index (κ2) is 6.69. The molecule has 2 rings (SSSR count). The van der Waals surface area contributed by atoms with Crippen molar-refractivity contribution in [2.24, 2.45) is 5.92 Å². The molecule has 0 aromatic heterocycles. The van der Waals surface area contributed by atoms with Crippen LogP contribution in [0.5, 0.6) is 0 Å². The first-order valence-electron chi connectivity index (χ1n) is 7.97. The van der Waals surface area contributed by atoms with E-state index in [1.54, 1.807) is 12.1 Å². The van der Waals surface area contributed by atoms with E-state index in [1.165, 1.54) is 0 Å². The van der Waals surface area contributed by atoms with Gasteiger partial charge in [0.25, 0.3) is 0 Å². The Balaban J connectivity index is 2.14. The number of nitrogens with one attached hydrogen (secondary N) is 1. The van der Waals surface area contributed by atoms with Gasteiger partial charge in [0.05, 0.1) is 11.0 Å². The van der Waals surface area contributed by atoms with E-state index in [0.717, 1.165) is 24.8 Å². The number of aliphatic hydroxyl groups excluding tert-OH is 1. The third-order valence-corrected chi connectivity index (χ3v) is 5.78. The van der Waals surface area contributed by atoms with Crippen molar-refractivity contribution in [3.63, 3.8) is 0 Å². The second-order valence-electron chi connectivity index (χ2n) is 7.28. The zero-order valence-corrected chi connectivity index (χ0v) is 14.5. The van der Waals surface area contributed by atoms with E-state index in [1.807, 2.05) is 32.9 Å². The van der Waals surface area contributed by atoms with Crippen LogP contribution in [0.15, 0.2) is 29.2 Å². The van der Waals surface area contributed by atoms with Crippen LogP contribution >= 0.6 is 0 Å². The Bertz CT molecular complexity index is 605. The van der Waals surface area contributed by atoms with Crippen LogP contribution in [-0.4, -0.2) is 26.2 Å². The fourth-order valence-corrected chi connectivity index (χ4v) is 4.61. The normalized spacial score (nSPS) is 23.5. The molecule has 0 heterocycles. The van der Waals surface area contributed by atoms with Crippen LogP contribution in [0.1, 0.15) is 52.0 Å². The Labute approximate surface area is 134 Å². The second-order valence-corrected chi connectivity index (χ2v) is 9.02. The average molecular weight is 325 g/mol. The molecule has 4 nitrogen and oxygen atoms in total. The summed E-state index contributed by atoms with van der Waals surface area (Å²) in [5, 5.41) is 9.70. The number of rotatable bonds is 4. The lowest BCUT2D eigenvalue weighted by atomic mass is 9.87. The summed E-state index contributed by atoms with van der Waals surface area (Å²) >= 11 is 0. The zero-order chi connectivity index (χ0) is 16.4. The van der Waals surface area contributed by atoms with E-state index >= 15 is 0 Å². The lowest BCUT2D eigenvalue weighted by molar-refractivity contribution is 0.102. The summed E-state index contributed by atoms with van der Waals surface area (Å²) in [6.45, 7) is 6.44. The highest BCUT2D eigenvalue weighted by Gasteiger charge is 2.27. The lowest BCUT2D eigenvalue weighted by Gasteiger charge is -2.27. The minimum absolute atomic E-state index is 0.223. The molecule has 0 aliphatic heterocycles. The third kappa shape index (κ3) is 4.31. The molecule has 1 aromatic carbocycles. The molecule has 1 saturated carbocycles. The van der Waals surface area contributed by atoms with Gasteiger partial charge in [-0.1, -0.05) is 45.4 Å². The van der Waals surface area contributed by atoms with Gasteiger partial charge in [-0.15, -0.1) is 0 Å². The maximum atomic E-state index is 12.7. The van der Waals surface area contributed by atoms with E-state index in [2.05, 4.69) is 4.72 Å². The largest absolute Gasteiger partial charge is 0.393 e. The smallest absolute Gasteiger partial charge is 0.240 e. The van der Waals surface area contributed by atoms with E-state index in [9.17, 15) is 13.5 Å². The highest BCUT2D eigenvalue weighted by atomic mass is 32.2. The van der Waals surface area contributed by atoms with Gasteiger partial charge in [0.2, 0.25) is 10.0 Å². The Morgan fingerprint density at radius 1 is 1.23 bits per heavy atom. The van der Waals surface area contributed by atoms with Gasteiger partial charge in [0.15, 0.2) is 0 Å². The van der Waals surface area contributed by atoms with Gasteiger partial charge >= 0.3 is 0 Å². The van der Waals surface area contributed by atoms with Crippen molar-refractivity contribution in [1.29, 1.82) is 0 Å². The van der Waals surface area contributed by atoms with Crippen LogP contribution < -0.4 is 4.72 Å². The van der Waals surface area contributed by atoms with Crippen LogP contribution in [0.2, 0.25) is 0 Å². The monoisotopic (exact) mass is 325 g/mol. The molecule has 5 heteroatoms. The van der Waals surface area contributed by atoms with Crippen LogP contribution in [0.25, 0.3) is 0 Å². The molecule has 2 N–H and O–H groups in total. The van der Waals surface area contributed by atoms with Gasteiger partial charge in [0, 0.05) is 6.54 Å². The van der Waals surface area contributed by atoms with Gasteiger partial charge in [-0.05, 0) is 42.2 Å². The maximum Gasteiger partial charge on any atom is 0.240 e. The summed E-state index contributed by atoms with van der Waals surface area (Å²) in [7, 11) is -3.52. The first-order valence-corrected chi connectivity index (χ1v) is 9.46. The number of sulfonamides is 1. The van der Waals surface area contributed by atoms with Crippen molar-refractivity contribution in [1.82, 2.24) is 4.72 Å². The average Bonchev–Trinajstić information content (AvgIpc) is 2.45. The van der Waals surface area contributed by atoms with Gasteiger partial charge < -0.3 is 5.11 Å². The van der Waals surface area contributed by atoms with E-state index in [-0.39, 0.29) is 17.4 Å². The molecule has 0 spiro atoms. The van der Waals surface area contributed by atoms with Crippen molar-refractivity contribution in [3.8, 4) is 0 Å². The van der Waals surface area contributed by atoms with Gasteiger partial charge in [0.1, 0.15) is 0 Å². The topological polar surface area (TPSA) is 66.4 Å². The summed E-state index contributed by atoms with van der Waals surface area (Å²) in [6.07, 6.45) is 3.16. The van der Waals surface area contributed by atoms with E-state index < -0.39 is 10.0 Å². The summed E-state index contributed by atoms with van der Waals surface area (Å²) in [6, 6.07) is 7.17. The van der Waals surface area contributed by atoms with Gasteiger partial charge in [-0.3, -0.25) is 0 Å². The maximum absolute atomic E-state index is 12.7. The molecular weight excluding hydrogens is 298 g/mol. The third-order valence-electron chi connectivity index (χ3n) is 4.30. The molecule has 1 aliphatic rings. The fourth-order valence-electron chi connectivity index (χ4n) is 3.07. The number of hydrogen-bond acceptors (Lipinski definition) is 3. The number of benzene rings is 1. The van der Waals surface area contributed by atoms with Crippen molar-refractivity contribution < 1.29 is 13.5 Å². The highest BCUT2D eigenvalue weighted by Crippen LogP contribution is 2.29. The molecule has 2 unspecified atom stereocenters. The molecule has 1 fully saturated rings. The number of aliphatic hydroxyl groups is 1. The molecule has 1 aliphatic carbocycles. The summed E-state index contributed by atoms with van der Waals surface area (Å²) < 4.78 is 28.0. The van der Waals surface area contributed by atoms with Crippen molar-refractivity contribution in [2.45, 2.75) is 62.9 Å². The zero-order valence-electron chi connectivity index (χ0n) is 13.7. The molecular formula is C17H27NO3S. The molecule has 2 atom stereocenters. The van der Waals surface area contributed by atoms with Crippen molar-refractivity contribution in [3.05, 3.63) is 29.8 Å². The summed E-state index contributed by atoms with van der Waals surface area (Å²) in [5.74, 6) is 0.223. The Morgan fingerprint density at radius 3 is 2.55 bits per heavy atom. The molecule has 1 aromatic rings. The van der Waals surface area contributed by atoms with Crippen LogP contribution in [0.3, 0.4) is 0 Å². The molecule has 0 amide bonds. The van der Waals surface area contributed by atoms with Crippen LogP contribution in [0.4, 0.5) is 0 Å². The first kappa shape index (κ1) is 17.4. The van der Waals surface area contributed by atoms with Crippen LogP contribution in [-0.2, 0) is 15.4 Å². The predicted octanol–water partition coefficient (Wildman–Crippen LogP) is 2.81. The molecule has 124 valence electrons. The van der Waals surface area contributed by atoms with Gasteiger partial charge in [-0.25, -0.2) is 13.1 Å². The minimum Gasteiger partial charge on any atom is -0.393 e. The van der Waals surface area contributed by atoms with Crippen LogP contribution in [0, 0.1) is 5.92 Å². The van der Waals surface area contributed by atoms with Crippen molar-refractivity contribution >= 4 is 10.0 Å². The summed E-state index contributed by atoms with van der Waals surface area (Å²) in [5.41, 5.74) is 0.595. The fraction of sp³-hybridized carbons (Fsp3) is 0.647. The standard InChI is InChI=1S/C17H27NO3S/c1-17(2,3)15-9-4-5-10-16(15)22(20,21)18-12-13-7-6-8-14(19)11-13/h4-5,9-10,13-14,18-19H,6-8,11-12H2,1-3H3. The van der Waals surface area contributed by atoms with E-state index in [0.29, 0.717) is 17.9 Å². The Morgan fingerprint density at radius 2 is 1.91 bits per heavy atom. The lowest BCUT2D eigenvalue weighted by Crippen LogP contribution is -2.34. The quantitative estimate of drug-likeness (QED) is 0.894. The van der Waals surface area contributed by atoms with E-state index in [4.69, 9.17) is 0 Å². The minimum atomic E-state index is -3.52. The number of hydrogen-bond donors (Lipinski definition) is 2. The first-order chi connectivity index (χ1) is 10.2. The van der Waals surface area contributed by atoms with Gasteiger partial charge in [-0.2, -0.15) is 0 Å². The Kier molecular flexibility index (Phi) is 5.30. The molecule has 0 bridgehead atoms. The Hall–Kier alpha value is -0.910. The predicted molar refractivity (Wildman–Crippen MR) is 88.3 cm³/mol. The molecule has 0 radical (unpaired) electrons. The highest BCUT2D eigenvalue weighted by molar-refractivity contribution is 7.89. The van der Waals surface area contributed by atoms with Crippen molar-refractivity contribution in [2.75, 3.05) is 6.54 Å². The summed E-state index contributed by atoms with van der Waals surface area (Å²) in [4.78, 5) is 0.360. The SMILES string of the molecule is CC(C)(C)c1ccccc1S(=O)(=O)NCC1CCCC(O)C1.